The fraction of sp³-hybridized carbons (Fsp3) is 0.400. The van der Waals surface area contributed by atoms with Gasteiger partial charge in [0.25, 0.3) is 0 Å². The summed E-state index contributed by atoms with van der Waals surface area (Å²) in [5.74, 6) is 0. The molecule has 0 spiro atoms. The maximum absolute atomic E-state index is 12.0. The Labute approximate surface area is 105 Å². The molecule has 0 aliphatic carbocycles. The van der Waals surface area contributed by atoms with Gasteiger partial charge in [-0.1, -0.05) is 17.7 Å². The molecule has 0 aliphatic rings. The first-order valence-electron chi connectivity index (χ1n) is 4.57. The van der Waals surface area contributed by atoms with Gasteiger partial charge in [0, 0.05) is 16.9 Å². The van der Waals surface area contributed by atoms with Gasteiger partial charge in [-0.2, -0.15) is 13.2 Å². The first-order valence-corrected chi connectivity index (χ1v) is 5.74. The molecule has 1 aromatic carbocycles. The lowest BCUT2D eigenvalue weighted by molar-refractivity contribution is -0.136. The zero-order chi connectivity index (χ0) is 12.3. The van der Waals surface area contributed by atoms with Gasteiger partial charge >= 0.3 is 6.18 Å². The van der Waals surface area contributed by atoms with Crippen LogP contribution in [0.4, 0.5) is 13.2 Å². The minimum Gasteiger partial charge on any atom is -0.324 e. The summed E-state index contributed by atoms with van der Waals surface area (Å²) in [6, 6.07) is 4.25. The first kappa shape index (κ1) is 13.8. The quantitative estimate of drug-likeness (QED) is 0.876. The maximum atomic E-state index is 12.0. The van der Waals surface area contributed by atoms with Crippen LogP contribution in [0.1, 0.15) is 24.4 Å². The number of alkyl halides is 3. The highest BCUT2D eigenvalue weighted by Crippen LogP contribution is 2.29. The molecule has 16 heavy (non-hydrogen) atoms. The second-order valence-electron chi connectivity index (χ2n) is 3.43. The summed E-state index contributed by atoms with van der Waals surface area (Å²) in [5, 5.41) is 0.506. The molecular weight excluding hydrogens is 306 g/mol. The molecular formula is C10H10BrClF3N. The van der Waals surface area contributed by atoms with Crippen molar-refractivity contribution in [3.63, 3.8) is 0 Å². The van der Waals surface area contributed by atoms with E-state index in [1.165, 1.54) is 0 Å². The summed E-state index contributed by atoms with van der Waals surface area (Å²) in [5.41, 5.74) is 6.30. The SMILES string of the molecule is N[C@H](CCC(F)(F)F)c1ccc(Cl)c(Br)c1. The summed E-state index contributed by atoms with van der Waals surface area (Å²) < 4.78 is 36.6. The van der Waals surface area contributed by atoms with Gasteiger partial charge in [-0.15, -0.1) is 0 Å². The molecule has 2 N–H and O–H groups in total. The zero-order valence-corrected chi connectivity index (χ0v) is 10.5. The molecule has 0 aliphatic heterocycles. The van der Waals surface area contributed by atoms with E-state index in [4.69, 9.17) is 17.3 Å². The van der Waals surface area contributed by atoms with Crippen molar-refractivity contribution in [2.45, 2.75) is 25.1 Å². The van der Waals surface area contributed by atoms with E-state index in [9.17, 15) is 13.2 Å². The molecule has 90 valence electrons. The van der Waals surface area contributed by atoms with Crippen molar-refractivity contribution in [1.82, 2.24) is 0 Å². The molecule has 0 amide bonds. The molecule has 1 aromatic rings. The average molecular weight is 317 g/mol. The Morgan fingerprint density at radius 2 is 2.00 bits per heavy atom. The largest absolute Gasteiger partial charge is 0.389 e. The number of rotatable bonds is 3. The highest BCUT2D eigenvalue weighted by atomic mass is 79.9. The lowest BCUT2D eigenvalue weighted by Gasteiger charge is -2.14. The number of nitrogens with two attached hydrogens (primary N) is 1. The van der Waals surface area contributed by atoms with Crippen molar-refractivity contribution in [3.05, 3.63) is 33.3 Å². The van der Waals surface area contributed by atoms with Crippen molar-refractivity contribution in [3.8, 4) is 0 Å². The van der Waals surface area contributed by atoms with Crippen LogP contribution in [-0.2, 0) is 0 Å². The van der Waals surface area contributed by atoms with Crippen LogP contribution in [0, 0.1) is 0 Å². The Kier molecular flexibility index (Phi) is 4.64. The van der Waals surface area contributed by atoms with Crippen LogP contribution in [0.15, 0.2) is 22.7 Å². The molecule has 0 bridgehead atoms. The van der Waals surface area contributed by atoms with E-state index < -0.39 is 18.6 Å². The van der Waals surface area contributed by atoms with E-state index >= 15 is 0 Å². The number of hydrogen-bond acceptors (Lipinski definition) is 1. The standard InChI is InChI=1S/C10H10BrClF3N/c11-7-5-6(1-2-8(7)12)9(16)3-4-10(13,14)15/h1-2,5,9H,3-4,16H2/t9-/m1/s1. The molecule has 0 saturated carbocycles. The minimum absolute atomic E-state index is 0.127. The van der Waals surface area contributed by atoms with Crippen LogP contribution in [0.25, 0.3) is 0 Å². The third kappa shape index (κ3) is 4.31. The normalized spacial score (nSPS) is 13.9. The molecule has 1 rings (SSSR count). The molecule has 0 saturated heterocycles. The van der Waals surface area contributed by atoms with Crippen LogP contribution in [0.2, 0.25) is 5.02 Å². The van der Waals surface area contributed by atoms with Gasteiger partial charge in [0.05, 0.1) is 5.02 Å². The minimum atomic E-state index is -4.17. The highest BCUT2D eigenvalue weighted by Gasteiger charge is 2.27. The highest BCUT2D eigenvalue weighted by molar-refractivity contribution is 9.10. The lowest BCUT2D eigenvalue weighted by atomic mass is 10.0. The van der Waals surface area contributed by atoms with Crippen LogP contribution < -0.4 is 5.73 Å². The van der Waals surface area contributed by atoms with Crippen LogP contribution in [0.3, 0.4) is 0 Å². The van der Waals surface area contributed by atoms with E-state index in [0.717, 1.165) is 0 Å². The Morgan fingerprint density at radius 1 is 1.38 bits per heavy atom. The van der Waals surface area contributed by atoms with E-state index in [-0.39, 0.29) is 6.42 Å². The average Bonchev–Trinajstić information content (AvgIpc) is 2.17. The summed E-state index contributed by atoms with van der Waals surface area (Å²) in [4.78, 5) is 0. The number of benzene rings is 1. The topological polar surface area (TPSA) is 26.0 Å². The summed E-state index contributed by atoms with van der Waals surface area (Å²) in [6.45, 7) is 0. The smallest absolute Gasteiger partial charge is 0.324 e. The van der Waals surface area contributed by atoms with Crippen molar-refractivity contribution in [1.29, 1.82) is 0 Å². The van der Waals surface area contributed by atoms with Crippen LogP contribution in [-0.4, -0.2) is 6.18 Å². The number of halogens is 5. The van der Waals surface area contributed by atoms with Gasteiger partial charge in [-0.05, 0) is 40.0 Å². The molecule has 1 nitrogen and oxygen atoms in total. The Bertz CT molecular complexity index is 368. The van der Waals surface area contributed by atoms with Gasteiger partial charge in [-0.25, -0.2) is 0 Å². The summed E-state index contributed by atoms with van der Waals surface area (Å²) >= 11 is 8.96. The second-order valence-corrected chi connectivity index (χ2v) is 4.70. The van der Waals surface area contributed by atoms with Gasteiger partial charge < -0.3 is 5.73 Å². The van der Waals surface area contributed by atoms with Crippen molar-refractivity contribution < 1.29 is 13.2 Å². The zero-order valence-electron chi connectivity index (χ0n) is 8.19. The third-order valence-electron chi connectivity index (χ3n) is 2.11. The summed E-state index contributed by atoms with van der Waals surface area (Å²) in [6.07, 6.45) is -5.17. The van der Waals surface area contributed by atoms with Gasteiger partial charge in [-0.3, -0.25) is 0 Å². The van der Waals surface area contributed by atoms with Crippen molar-refractivity contribution in [2.24, 2.45) is 5.73 Å². The third-order valence-corrected chi connectivity index (χ3v) is 3.32. The second kappa shape index (κ2) is 5.38. The molecule has 6 heteroatoms. The van der Waals surface area contributed by atoms with E-state index in [1.54, 1.807) is 18.2 Å². The Balaban J connectivity index is 2.66. The molecule has 0 radical (unpaired) electrons. The van der Waals surface area contributed by atoms with E-state index in [2.05, 4.69) is 15.9 Å². The fourth-order valence-electron chi connectivity index (χ4n) is 1.23. The molecule has 0 unspecified atom stereocenters. The van der Waals surface area contributed by atoms with Gasteiger partial charge in [0.1, 0.15) is 0 Å². The van der Waals surface area contributed by atoms with Crippen molar-refractivity contribution in [2.75, 3.05) is 0 Å². The van der Waals surface area contributed by atoms with E-state index in [0.29, 0.717) is 15.1 Å². The molecule has 0 aromatic heterocycles. The lowest BCUT2D eigenvalue weighted by Crippen LogP contribution is -2.15. The molecule has 0 heterocycles. The van der Waals surface area contributed by atoms with Crippen molar-refractivity contribution >= 4 is 27.5 Å². The van der Waals surface area contributed by atoms with E-state index in [1.807, 2.05) is 0 Å². The van der Waals surface area contributed by atoms with Gasteiger partial charge in [0.15, 0.2) is 0 Å². The Morgan fingerprint density at radius 3 is 2.50 bits per heavy atom. The van der Waals surface area contributed by atoms with Crippen LogP contribution >= 0.6 is 27.5 Å². The van der Waals surface area contributed by atoms with Gasteiger partial charge in [0.2, 0.25) is 0 Å². The monoisotopic (exact) mass is 315 g/mol. The predicted octanol–water partition coefficient (Wildman–Crippen LogP) is 4.44. The Hall–Kier alpha value is -0.260. The first-order chi connectivity index (χ1) is 7.29. The number of hydrogen-bond donors (Lipinski definition) is 1. The maximum Gasteiger partial charge on any atom is 0.389 e. The molecule has 1 atom stereocenters. The van der Waals surface area contributed by atoms with Crippen LogP contribution in [0.5, 0.6) is 0 Å². The molecule has 0 fully saturated rings. The fourth-order valence-corrected chi connectivity index (χ4v) is 1.74. The summed E-state index contributed by atoms with van der Waals surface area (Å²) in [7, 11) is 0. The predicted molar refractivity (Wildman–Crippen MR) is 61.4 cm³/mol.